The first-order valence-electron chi connectivity index (χ1n) is 4.22. The SMILES string of the molecule is N#CCc1ccc2ccc(Br)cc2n1. The number of aromatic nitrogens is 1. The van der Waals surface area contributed by atoms with Crippen LogP contribution in [0.4, 0.5) is 0 Å². The Morgan fingerprint density at radius 2 is 2.07 bits per heavy atom. The van der Waals surface area contributed by atoms with E-state index in [0.717, 1.165) is 21.1 Å². The summed E-state index contributed by atoms with van der Waals surface area (Å²) in [6.45, 7) is 0. The molecule has 0 amide bonds. The average molecular weight is 247 g/mol. The van der Waals surface area contributed by atoms with Gasteiger partial charge in [-0.2, -0.15) is 5.26 Å². The summed E-state index contributed by atoms with van der Waals surface area (Å²) in [6.07, 6.45) is 0.364. The highest BCUT2D eigenvalue weighted by atomic mass is 79.9. The molecule has 0 aliphatic carbocycles. The number of halogens is 1. The molecule has 0 unspecified atom stereocenters. The number of hydrogen-bond acceptors (Lipinski definition) is 2. The molecule has 2 nitrogen and oxygen atoms in total. The Kier molecular flexibility index (Phi) is 2.47. The lowest BCUT2D eigenvalue weighted by atomic mass is 10.2. The normalized spacial score (nSPS) is 10.0. The van der Waals surface area contributed by atoms with Crippen molar-refractivity contribution in [3.63, 3.8) is 0 Å². The molecule has 0 N–H and O–H groups in total. The van der Waals surface area contributed by atoms with Crippen LogP contribution >= 0.6 is 15.9 Å². The summed E-state index contributed by atoms with van der Waals surface area (Å²) in [7, 11) is 0. The fourth-order valence-corrected chi connectivity index (χ4v) is 1.66. The second kappa shape index (κ2) is 3.77. The van der Waals surface area contributed by atoms with Gasteiger partial charge in [-0.15, -0.1) is 0 Å². The first-order valence-corrected chi connectivity index (χ1v) is 5.01. The van der Waals surface area contributed by atoms with Gasteiger partial charge >= 0.3 is 0 Å². The van der Waals surface area contributed by atoms with Crippen molar-refractivity contribution in [2.45, 2.75) is 6.42 Å². The lowest BCUT2D eigenvalue weighted by molar-refractivity contribution is 1.15. The van der Waals surface area contributed by atoms with E-state index in [-0.39, 0.29) is 0 Å². The van der Waals surface area contributed by atoms with Gasteiger partial charge in [0.25, 0.3) is 0 Å². The van der Waals surface area contributed by atoms with Crippen molar-refractivity contribution >= 4 is 26.8 Å². The van der Waals surface area contributed by atoms with Crippen LogP contribution < -0.4 is 0 Å². The summed E-state index contributed by atoms with van der Waals surface area (Å²) in [6, 6.07) is 11.9. The topological polar surface area (TPSA) is 36.7 Å². The minimum atomic E-state index is 0.364. The number of nitrogens with zero attached hydrogens (tertiary/aromatic N) is 2. The Morgan fingerprint density at radius 1 is 1.29 bits per heavy atom. The molecule has 1 aromatic carbocycles. The second-order valence-electron chi connectivity index (χ2n) is 2.97. The van der Waals surface area contributed by atoms with Crippen molar-refractivity contribution in [2.75, 3.05) is 0 Å². The maximum Gasteiger partial charge on any atom is 0.0774 e. The summed E-state index contributed by atoms with van der Waals surface area (Å²) >= 11 is 3.39. The average Bonchev–Trinajstić information content (AvgIpc) is 2.17. The number of benzene rings is 1. The Bertz CT molecular complexity index is 514. The van der Waals surface area contributed by atoms with Crippen LogP contribution in [-0.2, 0) is 6.42 Å². The zero-order chi connectivity index (χ0) is 9.97. The summed E-state index contributed by atoms with van der Waals surface area (Å²) < 4.78 is 1.01. The molecular weight excluding hydrogens is 240 g/mol. The number of rotatable bonds is 1. The van der Waals surface area contributed by atoms with E-state index in [2.05, 4.69) is 27.0 Å². The van der Waals surface area contributed by atoms with Gasteiger partial charge in [0.15, 0.2) is 0 Å². The van der Waals surface area contributed by atoms with Crippen molar-refractivity contribution in [2.24, 2.45) is 0 Å². The maximum atomic E-state index is 8.55. The van der Waals surface area contributed by atoms with E-state index in [1.54, 1.807) is 0 Å². The first kappa shape index (κ1) is 9.17. The minimum Gasteiger partial charge on any atom is -0.252 e. The molecule has 2 rings (SSSR count). The van der Waals surface area contributed by atoms with Gasteiger partial charge in [0.05, 0.1) is 23.7 Å². The van der Waals surface area contributed by atoms with E-state index in [0.29, 0.717) is 6.42 Å². The van der Waals surface area contributed by atoms with E-state index in [9.17, 15) is 0 Å². The maximum absolute atomic E-state index is 8.55. The van der Waals surface area contributed by atoms with Crippen molar-refractivity contribution in [1.82, 2.24) is 4.98 Å². The largest absolute Gasteiger partial charge is 0.252 e. The fourth-order valence-electron chi connectivity index (χ4n) is 1.31. The molecular formula is C11H7BrN2. The summed E-state index contributed by atoms with van der Waals surface area (Å²) in [4.78, 5) is 4.37. The van der Waals surface area contributed by atoms with E-state index in [4.69, 9.17) is 5.26 Å². The molecule has 0 radical (unpaired) electrons. The Labute approximate surface area is 90.3 Å². The van der Waals surface area contributed by atoms with Crippen molar-refractivity contribution in [3.05, 3.63) is 40.5 Å². The zero-order valence-corrected chi connectivity index (χ0v) is 8.95. The molecule has 0 saturated heterocycles. The first-order chi connectivity index (χ1) is 6.79. The van der Waals surface area contributed by atoms with Crippen LogP contribution in [0.3, 0.4) is 0 Å². The second-order valence-corrected chi connectivity index (χ2v) is 3.89. The van der Waals surface area contributed by atoms with Gasteiger partial charge in [-0.05, 0) is 18.2 Å². The molecule has 1 aromatic heterocycles. The highest BCUT2D eigenvalue weighted by Gasteiger charge is 1.98. The van der Waals surface area contributed by atoms with Gasteiger partial charge in [-0.25, -0.2) is 0 Å². The highest BCUT2D eigenvalue weighted by molar-refractivity contribution is 9.10. The molecule has 0 aliphatic rings. The minimum absolute atomic E-state index is 0.364. The Balaban J connectivity index is 2.59. The third kappa shape index (κ3) is 1.75. The smallest absolute Gasteiger partial charge is 0.0774 e. The van der Waals surface area contributed by atoms with Crippen molar-refractivity contribution < 1.29 is 0 Å². The van der Waals surface area contributed by atoms with Crippen LogP contribution in [0.5, 0.6) is 0 Å². The lowest BCUT2D eigenvalue weighted by Crippen LogP contribution is -1.88. The van der Waals surface area contributed by atoms with Crippen LogP contribution in [-0.4, -0.2) is 4.98 Å². The monoisotopic (exact) mass is 246 g/mol. The van der Waals surface area contributed by atoms with Gasteiger partial charge in [-0.1, -0.05) is 28.1 Å². The van der Waals surface area contributed by atoms with Crippen molar-refractivity contribution in [1.29, 1.82) is 5.26 Å². The van der Waals surface area contributed by atoms with Gasteiger partial charge in [0.2, 0.25) is 0 Å². The number of fused-ring (bicyclic) bond motifs is 1. The van der Waals surface area contributed by atoms with Gasteiger partial charge in [0, 0.05) is 9.86 Å². The predicted molar refractivity (Wildman–Crippen MR) is 58.8 cm³/mol. The van der Waals surface area contributed by atoms with Gasteiger partial charge in [-0.3, -0.25) is 4.98 Å². The molecule has 2 aromatic rings. The van der Waals surface area contributed by atoms with Crippen LogP contribution in [0.15, 0.2) is 34.8 Å². The molecule has 0 atom stereocenters. The van der Waals surface area contributed by atoms with E-state index < -0.39 is 0 Å². The van der Waals surface area contributed by atoms with E-state index in [1.165, 1.54) is 0 Å². The molecule has 0 saturated carbocycles. The summed E-state index contributed by atoms with van der Waals surface area (Å²) in [5.74, 6) is 0. The number of pyridine rings is 1. The number of nitriles is 1. The lowest BCUT2D eigenvalue weighted by Gasteiger charge is -1.99. The third-order valence-electron chi connectivity index (χ3n) is 1.97. The highest BCUT2D eigenvalue weighted by Crippen LogP contribution is 2.18. The number of hydrogen-bond donors (Lipinski definition) is 0. The Hall–Kier alpha value is -1.40. The van der Waals surface area contributed by atoms with Crippen LogP contribution in [0, 0.1) is 11.3 Å². The predicted octanol–water partition coefficient (Wildman–Crippen LogP) is 3.06. The van der Waals surface area contributed by atoms with Crippen molar-refractivity contribution in [3.8, 4) is 6.07 Å². The summed E-state index contributed by atoms with van der Waals surface area (Å²) in [5.41, 5.74) is 1.74. The molecule has 14 heavy (non-hydrogen) atoms. The third-order valence-corrected chi connectivity index (χ3v) is 2.47. The molecule has 1 heterocycles. The van der Waals surface area contributed by atoms with Gasteiger partial charge < -0.3 is 0 Å². The van der Waals surface area contributed by atoms with E-state index >= 15 is 0 Å². The van der Waals surface area contributed by atoms with Gasteiger partial charge in [0.1, 0.15) is 0 Å². The molecule has 0 aliphatic heterocycles. The molecule has 68 valence electrons. The summed E-state index contributed by atoms with van der Waals surface area (Å²) in [5, 5.41) is 9.64. The Morgan fingerprint density at radius 3 is 2.86 bits per heavy atom. The quantitative estimate of drug-likeness (QED) is 0.776. The molecule has 3 heteroatoms. The molecule has 0 spiro atoms. The van der Waals surface area contributed by atoms with E-state index in [1.807, 2.05) is 30.3 Å². The molecule has 0 fully saturated rings. The zero-order valence-electron chi connectivity index (χ0n) is 7.37. The van der Waals surface area contributed by atoms with Crippen LogP contribution in [0.2, 0.25) is 0 Å². The van der Waals surface area contributed by atoms with Crippen LogP contribution in [0.25, 0.3) is 10.9 Å². The standard InChI is InChI=1S/C11H7BrN2/c12-9-3-1-8-2-4-10(5-6-13)14-11(8)7-9/h1-4,7H,5H2. The molecule has 0 bridgehead atoms. The fraction of sp³-hybridized carbons (Fsp3) is 0.0909. The van der Waals surface area contributed by atoms with Crippen LogP contribution in [0.1, 0.15) is 5.69 Å².